The van der Waals surface area contributed by atoms with Crippen LogP contribution in [0, 0.1) is 5.92 Å². The molecule has 0 aliphatic carbocycles. The van der Waals surface area contributed by atoms with Crippen LogP contribution in [0.3, 0.4) is 0 Å². The number of nitrogens with one attached hydrogen (secondary N) is 1. The maximum atomic E-state index is 12.9. The maximum Gasteiger partial charge on any atom is 0.338 e. The first-order valence-electron chi connectivity index (χ1n) is 13.3. The van der Waals surface area contributed by atoms with E-state index in [0.717, 1.165) is 28.7 Å². The highest BCUT2D eigenvalue weighted by Gasteiger charge is 2.32. The van der Waals surface area contributed by atoms with E-state index in [1.807, 2.05) is 24.3 Å². The Hall–Kier alpha value is -3.55. The van der Waals surface area contributed by atoms with Crippen LogP contribution in [0.4, 0.5) is 0 Å². The standard InChI is InChI=1S/C32H40N2O5/c1-21(2)18-26-19-24(13-14-27(26)30(36)38-6)23-11-9-22(10-12-23)15-17-34-28(31(37)39-32(3,4)5)29(35)25-8-7-16-33-20-25/h7-14,16,19-21,28-29,34-35H,15,17-18H2,1-6H3/t28?,29-/m1/s1. The number of pyridine rings is 1. The third kappa shape index (κ3) is 8.73. The number of ether oxygens (including phenoxy) is 2. The maximum absolute atomic E-state index is 12.9. The van der Waals surface area contributed by atoms with Crippen molar-refractivity contribution in [3.05, 3.63) is 89.2 Å². The first-order chi connectivity index (χ1) is 18.5. The molecule has 0 bridgehead atoms. The van der Waals surface area contributed by atoms with Crippen LogP contribution in [-0.2, 0) is 27.1 Å². The van der Waals surface area contributed by atoms with E-state index in [1.54, 1.807) is 45.3 Å². The molecule has 2 aromatic carbocycles. The van der Waals surface area contributed by atoms with Crippen molar-refractivity contribution in [2.75, 3.05) is 13.7 Å². The number of carbonyl (C=O) groups excluding carboxylic acids is 2. The summed E-state index contributed by atoms with van der Waals surface area (Å²) in [5.74, 6) is -0.431. The van der Waals surface area contributed by atoms with Gasteiger partial charge in [-0.25, -0.2) is 4.79 Å². The molecule has 208 valence electrons. The van der Waals surface area contributed by atoms with Crippen LogP contribution in [0.1, 0.15) is 67.8 Å². The van der Waals surface area contributed by atoms with Crippen LogP contribution in [0.2, 0.25) is 0 Å². The van der Waals surface area contributed by atoms with Gasteiger partial charge in [0, 0.05) is 24.5 Å². The van der Waals surface area contributed by atoms with Crippen LogP contribution < -0.4 is 5.32 Å². The minimum Gasteiger partial charge on any atom is -0.465 e. The molecule has 3 rings (SSSR count). The number of carbonyl (C=O) groups is 2. The first kappa shape index (κ1) is 30.0. The van der Waals surface area contributed by atoms with Gasteiger partial charge in [-0.1, -0.05) is 56.3 Å². The van der Waals surface area contributed by atoms with E-state index in [9.17, 15) is 14.7 Å². The average molecular weight is 533 g/mol. The molecule has 1 aromatic heterocycles. The number of aromatic nitrogens is 1. The Kier molecular flexibility index (Phi) is 10.4. The molecule has 2 atom stereocenters. The number of aliphatic hydroxyl groups is 1. The molecular formula is C32H40N2O5. The summed E-state index contributed by atoms with van der Waals surface area (Å²) in [5.41, 5.74) is 4.61. The summed E-state index contributed by atoms with van der Waals surface area (Å²) in [7, 11) is 1.40. The van der Waals surface area contributed by atoms with E-state index in [-0.39, 0.29) is 5.97 Å². The van der Waals surface area contributed by atoms with Crippen molar-refractivity contribution in [1.82, 2.24) is 10.3 Å². The smallest absolute Gasteiger partial charge is 0.338 e. The van der Waals surface area contributed by atoms with Crippen molar-refractivity contribution < 1.29 is 24.2 Å². The number of hydrogen-bond acceptors (Lipinski definition) is 7. The van der Waals surface area contributed by atoms with Gasteiger partial charge < -0.3 is 19.9 Å². The van der Waals surface area contributed by atoms with Crippen LogP contribution in [0.15, 0.2) is 67.0 Å². The molecule has 2 N–H and O–H groups in total. The summed E-state index contributed by atoms with van der Waals surface area (Å²) >= 11 is 0. The van der Waals surface area contributed by atoms with Gasteiger partial charge in [0.2, 0.25) is 0 Å². The Balaban J connectivity index is 1.71. The molecule has 39 heavy (non-hydrogen) atoms. The SMILES string of the molecule is COC(=O)c1ccc(-c2ccc(CCNC(C(=O)OC(C)(C)C)[C@H](O)c3cccnc3)cc2)cc1CC(C)C. The number of hydrogen-bond donors (Lipinski definition) is 2. The van der Waals surface area contributed by atoms with Gasteiger partial charge >= 0.3 is 11.9 Å². The second-order valence-corrected chi connectivity index (χ2v) is 11.1. The van der Waals surface area contributed by atoms with Crippen LogP contribution in [0.25, 0.3) is 11.1 Å². The van der Waals surface area contributed by atoms with Gasteiger partial charge in [0.05, 0.1) is 12.7 Å². The Morgan fingerprint density at radius 1 is 1.03 bits per heavy atom. The van der Waals surface area contributed by atoms with Crippen LogP contribution >= 0.6 is 0 Å². The van der Waals surface area contributed by atoms with Crippen molar-refractivity contribution in [1.29, 1.82) is 0 Å². The molecule has 1 heterocycles. The first-order valence-corrected chi connectivity index (χ1v) is 13.3. The van der Waals surface area contributed by atoms with Crippen molar-refractivity contribution >= 4 is 11.9 Å². The highest BCUT2D eigenvalue weighted by Crippen LogP contribution is 2.26. The van der Waals surface area contributed by atoms with Gasteiger partial charge in [-0.05, 0) is 73.9 Å². The van der Waals surface area contributed by atoms with Crippen molar-refractivity contribution in [2.24, 2.45) is 5.92 Å². The lowest BCUT2D eigenvalue weighted by Crippen LogP contribution is -2.46. The van der Waals surface area contributed by atoms with Gasteiger partial charge in [-0.2, -0.15) is 0 Å². The number of rotatable bonds is 11. The lowest BCUT2D eigenvalue weighted by Gasteiger charge is -2.27. The molecule has 7 nitrogen and oxygen atoms in total. The molecule has 0 spiro atoms. The number of nitrogens with zero attached hydrogens (tertiary/aromatic N) is 1. The van der Waals surface area contributed by atoms with Crippen LogP contribution in [0.5, 0.6) is 0 Å². The Labute approximate surface area is 231 Å². The van der Waals surface area contributed by atoms with E-state index < -0.39 is 23.7 Å². The van der Waals surface area contributed by atoms with E-state index in [0.29, 0.717) is 30.0 Å². The topological polar surface area (TPSA) is 97.8 Å². The zero-order valence-electron chi connectivity index (χ0n) is 23.7. The van der Waals surface area contributed by atoms with Crippen molar-refractivity contribution in [3.8, 4) is 11.1 Å². The summed E-state index contributed by atoms with van der Waals surface area (Å²) in [6.45, 7) is 10.1. The zero-order valence-corrected chi connectivity index (χ0v) is 23.7. The van der Waals surface area contributed by atoms with Gasteiger partial charge in [-0.3, -0.25) is 9.78 Å². The van der Waals surface area contributed by atoms with E-state index in [2.05, 4.69) is 42.3 Å². The Bertz CT molecular complexity index is 1230. The fourth-order valence-corrected chi connectivity index (χ4v) is 4.36. The highest BCUT2D eigenvalue weighted by atomic mass is 16.6. The fourth-order valence-electron chi connectivity index (χ4n) is 4.36. The Morgan fingerprint density at radius 3 is 2.31 bits per heavy atom. The molecule has 7 heteroatoms. The monoisotopic (exact) mass is 532 g/mol. The number of benzene rings is 2. The summed E-state index contributed by atoms with van der Waals surface area (Å²) in [5, 5.41) is 14.1. The van der Waals surface area contributed by atoms with Crippen molar-refractivity contribution in [2.45, 2.75) is 65.2 Å². The lowest BCUT2D eigenvalue weighted by molar-refractivity contribution is -0.160. The normalized spacial score (nSPS) is 13.1. The molecule has 0 aliphatic rings. The summed E-state index contributed by atoms with van der Waals surface area (Å²) in [6, 6.07) is 16.6. The van der Waals surface area contributed by atoms with E-state index in [1.165, 1.54) is 7.11 Å². The third-order valence-corrected chi connectivity index (χ3v) is 6.21. The molecule has 0 saturated heterocycles. The van der Waals surface area contributed by atoms with E-state index >= 15 is 0 Å². The predicted molar refractivity (Wildman–Crippen MR) is 152 cm³/mol. The van der Waals surface area contributed by atoms with Gasteiger partial charge in [-0.15, -0.1) is 0 Å². The lowest BCUT2D eigenvalue weighted by atomic mass is 9.93. The van der Waals surface area contributed by atoms with Crippen molar-refractivity contribution in [3.63, 3.8) is 0 Å². The second-order valence-electron chi connectivity index (χ2n) is 11.1. The molecule has 0 radical (unpaired) electrons. The number of aliphatic hydroxyl groups excluding tert-OH is 1. The van der Waals surface area contributed by atoms with E-state index in [4.69, 9.17) is 9.47 Å². The molecule has 0 amide bonds. The summed E-state index contributed by atoms with van der Waals surface area (Å²) < 4.78 is 10.5. The molecule has 0 aliphatic heterocycles. The quantitative estimate of drug-likeness (QED) is 0.323. The predicted octanol–water partition coefficient (Wildman–Crippen LogP) is 5.31. The number of esters is 2. The third-order valence-electron chi connectivity index (χ3n) is 6.21. The fraction of sp³-hybridized carbons (Fsp3) is 0.406. The van der Waals surface area contributed by atoms with Gasteiger partial charge in [0.25, 0.3) is 0 Å². The minimum atomic E-state index is -1.09. The van der Waals surface area contributed by atoms with Gasteiger partial charge in [0.1, 0.15) is 17.7 Å². The minimum absolute atomic E-state index is 0.321. The number of methoxy groups -OCH3 is 1. The average Bonchev–Trinajstić information content (AvgIpc) is 2.90. The summed E-state index contributed by atoms with van der Waals surface area (Å²) in [4.78, 5) is 29.2. The molecule has 3 aromatic rings. The Morgan fingerprint density at radius 2 is 1.72 bits per heavy atom. The molecule has 1 unspecified atom stereocenters. The molecule has 0 fully saturated rings. The van der Waals surface area contributed by atoms with Gasteiger partial charge in [0.15, 0.2) is 0 Å². The summed E-state index contributed by atoms with van der Waals surface area (Å²) in [6.07, 6.45) is 3.51. The molecule has 0 saturated carbocycles. The largest absolute Gasteiger partial charge is 0.465 e. The van der Waals surface area contributed by atoms with Crippen LogP contribution in [-0.4, -0.2) is 47.3 Å². The highest BCUT2D eigenvalue weighted by molar-refractivity contribution is 5.92. The molecular weight excluding hydrogens is 492 g/mol. The zero-order chi connectivity index (χ0) is 28.6. The second kappa shape index (κ2) is 13.5.